The van der Waals surface area contributed by atoms with Crippen LogP contribution >= 0.6 is 0 Å². The predicted molar refractivity (Wildman–Crippen MR) is 74.6 cm³/mol. The van der Waals surface area contributed by atoms with Crippen molar-refractivity contribution in [3.8, 4) is 0 Å². The standard InChI is InChI=1S/C14H27NOS/c1-2-17(16)10-9-15-14-8-7-12-5-3-4-6-13(12)11-14/h12-15H,2-11H2,1H3. The first-order chi connectivity index (χ1) is 8.29. The summed E-state index contributed by atoms with van der Waals surface area (Å²) in [7, 11) is -0.602. The molecule has 2 aliphatic carbocycles. The van der Waals surface area contributed by atoms with Crippen molar-refractivity contribution >= 4 is 10.8 Å². The minimum Gasteiger partial charge on any atom is -0.313 e. The smallest absolute Gasteiger partial charge is 0.0360 e. The second kappa shape index (κ2) is 6.89. The highest BCUT2D eigenvalue weighted by Crippen LogP contribution is 2.40. The van der Waals surface area contributed by atoms with Crippen LogP contribution in [0, 0.1) is 11.8 Å². The quantitative estimate of drug-likeness (QED) is 0.820. The van der Waals surface area contributed by atoms with Crippen LogP contribution in [0.1, 0.15) is 51.9 Å². The SMILES string of the molecule is CCS(=O)CCNC1CCC2CCCCC2C1. The Kier molecular flexibility index (Phi) is 5.49. The van der Waals surface area contributed by atoms with Crippen LogP contribution in [0.4, 0.5) is 0 Å². The first-order valence-corrected chi connectivity index (χ1v) is 8.86. The van der Waals surface area contributed by atoms with Gasteiger partial charge in [0.1, 0.15) is 0 Å². The molecular formula is C14H27NOS. The van der Waals surface area contributed by atoms with E-state index in [1.54, 1.807) is 0 Å². The number of hydrogen-bond acceptors (Lipinski definition) is 2. The molecule has 17 heavy (non-hydrogen) atoms. The Morgan fingerprint density at radius 3 is 2.65 bits per heavy atom. The van der Waals surface area contributed by atoms with Crippen LogP contribution in [0.5, 0.6) is 0 Å². The van der Waals surface area contributed by atoms with E-state index in [4.69, 9.17) is 0 Å². The van der Waals surface area contributed by atoms with E-state index in [0.717, 1.165) is 29.9 Å². The van der Waals surface area contributed by atoms with Gasteiger partial charge >= 0.3 is 0 Å². The zero-order valence-electron chi connectivity index (χ0n) is 11.1. The molecule has 0 radical (unpaired) electrons. The van der Waals surface area contributed by atoms with Gasteiger partial charge in [-0.2, -0.15) is 0 Å². The molecule has 4 unspecified atom stereocenters. The van der Waals surface area contributed by atoms with Crippen LogP contribution in [0.25, 0.3) is 0 Å². The molecule has 2 rings (SSSR count). The van der Waals surface area contributed by atoms with E-state index in [1.165, 1.54) is 44.9 Å². The summed E-state index contributed by atoms with van der Waals surface area (Å²) in [6, 6.07) is 0.711. The van der Waals surface area contributed by atoms with Gasteiger partial charge in [-0.05, 0) is 31.1 Å². The summed E-state index contributed by atoms with van der Waals surface area (Å²) in [5, 5.41) is 3.63. The van der Waals surface area contributed by atoms with Gasteiger partial charge in [-0.15, -0.1) is 0 Å². The highest BCUT2D eigenvalue weighted by molar-refractivity contribution is 7.84. The van der Waals surface area contributed by atoms with Crippen molar-refractivity contribution in [3.05, 3.63) is 0 Å². The van der Waals surface area contributed by atoms with E-state index >= 15 is 0 Å². The summed E-state index contributed by atoms with van der Waals surface area (Å²) in [5.74, 6) is 3.66. The maximum absolute atomic E-state index is 11.4. The molecule has 4 atom stereocenters. The Hall–Kier alpha value is 0.110. The molecule has 0 aromatic rings. The summed E-state index contributed by atoms with van der Waals surface area (Å²) >= 11 is 0. The summed E-state index contributed by atoms with van der Waals surface area (Å²) in [6.45, 7) is 2.95. The Balaban J connectivity index is 1.67. The minimum atomic E-state index is -0.602. The topological polar surface area (TPSA) is 29.1 Å². The van der Waals surface area contributed by atoms with Gasteiger partial charge in [-0.3, -0.25) is 4.21 Å². The molecule has 0 heterocycles. The zero-order chi connectivity index (χ0) is 12.1. The molecule has 100 valence electrons. The van der Waals surface area contributed by atoms with Gasteiger partial charge in [0.15, 0.2) is 0 Å². The van der Waals surface area contributed by atoms with E-state index in [1.807, 2.05) is 6.92 Å². The van der Waals surface area contributed by atoms with Crippen molar-refractivity contribution in [3.63, 3.8) is 0 Å². The van der Waals surface area contributed by atoms with Gasteiger partial charge in [0.05, 0.1) is 0 Å². The average molecular weight is 257 g/mol. The first-order valence-electron chi connectivity index (χ1n) is 7.38. The van der Waals surface area contributed by atoms with E-state index in [-0.39, 0.29) is 0 Å². The highest BCUT2D eigenvalue weighted by atomic mass is 32.2. The summed E-state index contributed by atoms with van der Waals surface area (Å²) < 4.78 is 11.4. The summed E-state index contributed by atoms with van der Waals surface area (Å²) in [5.41, 5.74) is 0. The third-order valence-electron chi connectivity index (χ3n) is 4.62. The Bertz CT molecular complexity index is 257. The van der Waals surface area contributed by atoms with Crippen LogP contribution in [0.2, 0.25) is 0 Å². The van der Waals surface area contributed by atoms with Crippen molar-refractivity contribution in [1.82, 2.24) is 5.32 Å². The van der Waals surface area contributed by atoms with E-state index in [9.17, 15) is 4.21 Å². The van der Waals surface area contributed by atoms with Gasteiger partial charge in [0.25, 0.3) is 0 Å². The molecule has 2 fully saturated rings. The summed E-state index contributed by atoms with van der Waals surface area (Å²) in [6.07, 6.45) is 10.0. The Morgan fingerprint density at radius 1 is 1.12 bits per heavy atom. The number of rotatable bonds is 5. The maximum atomic E-state index is 11.4. The lowest BCUT2D eigenvalue weighted by Gasteiger charge is -2.39. The molecule has 2 nitrogen and oxygen atoms in total. The lowest BCUT2D eigenvalue weighted by Crippen LogP contribution is -2.40. The lowest BCUT2D eigenvalue weighted by molar-refractivity contribution is 0.145. The van der Waals surface area contributed by atoms with Crippen molar-refractivity contribution in [1.29, 1.82) is 0 Å². The summed E-state index contributed by atoms with van der Waals surface area (Å²) in [4.78, 5) is 0. The third-order valence-corrected chi connectivity index (χ3v) is 5.93. The fraction of sp³-hybridized carbons (Fsp3) is 1.00. The van der Waals surface area contributed by atoms with E-state index in [0.29, 0.717) is 6.04 Å². The number of fused-ring (bicyclic) bond motifs is 1. The van der Waals surface area contributed by atoms with Crippen LogP contribution in [-0.4, -0.2) is 28.3 Å². The van der Waals surface area contributed by atoms with Gasteiger partial charge in [-0.25, -0.2) is 0 Å². The molecule has 3 heteroatoms. The minimum absolute atomic E-state index is 0.602. The predicted octanol–water partition coefficient (Wildman–Crippen LogP) is 2.70. The van der Waals surface area contributed by atoms with E-state index in [2.05, 4.69) is 5.32 Å². The molecule has 1 N–H and O–H groups in total. The molecule has 0 aromatic carbocycles. The largest absolute Gasteiger partial charge is 0.313 e. The van der Waals surface area contributed by atoms with Crippen molar-refractivity contribution < 1.29 is 4.21 Å². The zero-order valence-corrected chi connectivity index (χ0v) is 11.9. The fourth-order valence-electron chi connectivity index (χ4n) is 3.58. The van der Waals surface area contributed by atoms with Crippen LogP contribution in [0.3, 0.4) is 0 Å². The molecule has 2 aliphatic rings. The monoisotopic (exact) mass is 257 g/mol. The maximum Gasteiger partial charge on any atom is 0.0360 e. The number of hydrogen-bond donors (Lipinski definition) is 1. The molecule has 0 saturated heterocycles. The van der Waals surface area contributed by atoms with Gasteiger partial charge < -0.3 is 5.32 Å². The van der Waals surface area contributed by atoms with Crippen LogP contribution < -0.4 is 5.32 Å². The second-order valence-electron chi connectivity index (χ2n) is 5.70. The molecule has 2 saturated carbocycles. The van der Waals surface area contributed by atoms with Crippen molar-refractivity contribution in [2.24, 2.45) is 11.8 Å². The van der Waals surface area contributed by atoms with Gasteiger partial charge in [0.2, 0.25) is 0 Å². The Morgan fingerprint density at radius 2 is 1.88 bits per heavy atom. The average Bonchev–Trinajstić information content (AvgIpc) is 2.38. The van der Waals surface area contributed by atoms with Crippen LogP contribution in [0.15, 0.2) is 0 Å². The first kappa shape index (κ1) is 13.5. The van der Waals surface area contributed by atoms with Gasteiger partial charge in [0, 0.05) is 34.9 Å². The second-order valence-corrected chi connectivity index (χ2v) is 7.57. The molecule has 0 aliphatic heterocycles. The van der Waals surface area contributed by atoms with Gasteiger partial charge in [-0.1, -0.05) is 32.6 Å². The van der Waals surface area contributed by atoms with Crippen LogP contribution in [-0.2, 0) is 10.8 Å². The number of nitrogens with one attached hydrogen (secondary N) is 1. The third kappa shape index (κ3) is 4.06. The molecule has 0 amide bonds. The fourth-order valence-corrected chi connectivity index (χ4v) is 4.21. The molecule has 0 spiro atoms. The highest BCUT2D eigenvalue weighted by Gasteiger charge is 2.31. The normalized spacial score (nSPS) is 35.2. The molecule has 0 aromatic heterocycles. The Labute approximate surface area is 108 Å². The van der Waals surface area contributed by atoms with E-state index < -0.39 is 10.8 Å². The van der Waals surface area contributed by atoms with Crippen molar-refractivity contribution in [2.45, 2.75) is 57.9 Å². The van der Waals surface area contributed by atoms with Crippen molar-refractivity contribution in [2.75, 3.05) is 18.1 Å². The lowest BCUT2D eigenvalue weighted by atomic mass is 9.69. The molecule has 0 bridgehead atoms. The molecular weight excluding hydrogens is 230 g/mol.